The molecule has 0 saturated heterocycles. The van der Waals surface area contributed by atoms with Crippen molar-refractivity contribution in [3.63, 3.8) is 0 Å². The summed E-state index contributed by atoms with van der Waals surface area (Å²) in [6.45, 7) is 5.30. The number of phenols is 2. The summed E-state index contributed by atoms with van der Waals surface area (Å²) in [6, 6.07) is 4.32. The van der Waals surface area contributed by atoms with Crippen molar-refractivity contribution in [1.82, 2.24) is 0 Å². The number of aryl methyl sites for hydroxylation is 1. The molecule has 0 saturated carbocycles. The molecular weight excluding hydrogens is 207 g/mol. The highest BCUT2D eigenvalue weighted by Crippen LogP contribution is 2.34. The van der Waals surface area contributed by atoms with E-state index < -0.39 is 11.6 Å². The normalized spacial score (nSPS) is 10.6. The Bertz CT molecular complexity index is 588. The van der Waals surface area contributed by atoms with Crippen molar-refractivity contribution in [2.75, 3.05) is 0 Å². The number of benzene rings is 2. The summed E-state index contributed by atoms with van der Waals surface area (Å²) >= 11 is 0. The maximum atomic E-state index is 13.6. The molecule has 0 amide bonds. The van der Waals surface area contributed by atoms with Gasteiger partial charge in [0.1, 0.15) is 5.75 Å². The van der Waals surface area contributed by atoms with E-state index in [0.717, 1.165) is 5.56 Å². The molecule has 0 heterocycles. The Kier molecular flexibility index (Phi) is 2.31. The van der Waals surface area contributed by atoms with E-state index >= 15 is 0 Å². The van der Waals surface area contributed by atoms with Crippen LogP contribution in [0.2, 0.25) is 0 Å². The van der Waals surface area contributed by atoms with Gasteiger partial charge >= 0.3 is 0 Å². The quantitative estimate of drug-likeness (QED) is 0.770. The number of rotatable bonds is 1. The number of phenolic OH excluding ortho intramolecular Hbond substituents is 2. The zero-order valence-corrected chi connectivity index (χ0v) is 8.79. The second-order valence-corrected chi connectivity index (χ2v) is 3.69. The number of hydrogen-bond donors (Lipinski definition) is 2. The second kappa shape index (κ2) is 3.52. The first-order valence-electron chi connectivity index (χ1n) is 4.82. The van der Waals surface area contributed by atoms with E-state index in [0.29, 0.717) is 10.8 Å². The van der Waals surface area contributed by atoms with Crippen molar-refractivity contribution in [2.45, 2.75) is 6.92 Å². The molecule has 0 aromatic heterocycles. The minimum atomic E-state index is -0.684. The summed E-state index contributed by atoms with van der Waals surface area (Å²) in [6.07, 6.45) is 1.36. The third-order valence-electron chi connectivity index (χ3n) is 2.58. The van der Waals surface area contributed by atoms with Crippen LogP contribution in [-0.2, 0) is 0 Å². The van der Waals surface area contributed by atoms with E-state index in [1.54, 1.807) is 13.0 Å². The number of hydrogen-bond acceptors (Lipinski definition) is 2. The first-order valence-corrected chi connectivity index (χ1v) is 4.82. The molecular formula is C13H11FO2. The molecule has 0 bridgehead atoms. The average Bonchev–Trinajstić information content (AvgIpc) is 2.20. The van der Waals surface area contributed by atoms with Gasteiger partial charge in [-0.2, -0.15) is 0 Å². The zero-order valence-electron chi connectivity index (χ0n) is 8.79. The first-order chi connectivity index (χ1) is 7.54. The van der Waals surface area contributed by atoms with E-state index in [-0.39, 0.29) is 11.3 Å². The molecule has 0 atom stereocenters. The van der Waals surface area contributed by atoms with Crippen molar-refractivity contribution < 1.29 is 14.6 Å². The van der Waals surface area contributed by atoms with Crippen LogP contribution in [0.1, 0.15) is 11.1 Å². The minimum Gasteiger partial charge on any atom is -0.508 e. The van der Waals surface area contributed by atoms with E-state index in [4.69, 9.17) is 0 Å². The molecule has 2 nitrogen and oxygen atoms in total. The second-order valence-electron chi connectivity index (χ2n) is 3.69. The molecule has 2 rings (SSSR count). The van der Waals surface area contributed by atoms with Crippen LogP contribution in [0.25, 0.3) is 16.8 Å². The van der Waals surface area contributed by atoms with Gasteiger partial charge in [-0.25, -0.2) is 4.39 Å². The predicted octanol–water partition coefficient (Wildman–Crippen LogP) is 3.34. The van der Waals surface area contributed by atoms with Gasteiger partial charge in [0.25, 0.3) is 0 Å². The minimum absolute atomic E-state index is 0.0889. The molecule has 2 aromatic rings. The van der Waals surface area contributed by atoms with Crippen LogP contribution in [0.3, 0.4) is 0 Å². The first kappa shape index (κ1) is 10.5. The van der Waals surface area contributed by atoms with Gasteiger partial charge in [0, 0.05) is 5.56 Å². The molecule has 16 heavy (non-hydrogen) atoms. The number of fused-ring (bicyclic) bond motifs is 1. The maximum Gasteiger partial charge on any atom is 0.172 e. The lowest BCUT2D eigenvalue weighted by atomic mass is 9.98. The van der Waals surface area contributed by atoms with Crippen LogP contribution >= 0.6 is 0 Å². The third-order valence-corrected chi connectivity index (χ3v) is 2.58. The van der Waals surface area contributed by atoms with E-state index in [2.05, 4.69) is 6.58 Å². The molecule has 0 aliphatic rings. The zero-order chi connectivity index (χ0) is 11.9. The summed E-state index contributed by atoms with van der Waals surface area (Å²) in [5, 5.41) is 20.1. The standard InChI is InChI=1S/C13H11FO2/c1-3-10-12-7(2)4-9(15)5-8(12)6-11(16)13(10)14/h3-6,15-16H,1H2,2H3. The van der Waals surface area contributed by atoms with E-state index in [1.807, 2.05) is 0 Å². The summed E-state index contributed by atoms with van der Waals surface area (Å²) < 4.78 is 13.6. The molecule has 0 aliphatic heterocycles. The Morgan fingerprint density at radius 2 is 1.94 bits per heavy atom. The van der Waals surface area contributed by atoms with Gasteiger partial charge in [-0.1, -0.05) is 12.7 Å². The lowest BCUT2D eigenvalue weighted by Gasteiger charge is -2.09. The molecule has 0 radical (unpaired) electrons. The van der Waals surface area contributed by atoms with Gasteiger partial charge < -0.3 is 10.2 Å². The Hall–Kier alpha value is -2.03. The van der Waals surface area contributed by atoms with Crippen molar-refractivity contribution in [3.05, 3.63) is 41.7 Å². The topological polar surface area (TPSA) is 40.5 Å². The van der Waals surface area contributed by atoms with Crippen molar-refractivity contribution in [3.8, 4) is 11.5 Å². The van der Waals surface area contributed by atoms with Gasteiger partial charge in [-0.15, -0.1) is 0 Å². The van der Waals surface area contributed by atoms with Crippen molar-refractivity contribution >= 4 is 16.8 Å². The fraction of sp³-hybridized carbons (Fsp3) is 0.0769. The van der Waals surface area contributed by atoms with Crippen LogP contribution in [-0.4, -0.2) is 10.2 Å². The van der Waals surface area contributed by atoms with E-state index in [9.17, 15) is 14.6 Å². The highest BCUT2D eigenvalue weighted by Gasteiger charge is 2.12. The molecule has 0 spiro atoms. The average molecular weight is 218 g/mol. The van der Waals surface area contributed by atoms with Crippen LogP contribution in [0.4, 0.5) is 4.39 Å². The molecule has 0 aliphatic carbocycles. The maximum absolute atomic E-state index is 13.6. The van der Waals surface area contributed by atoms with Gasteiger partial charge in [-0.05, 0) is 41.5 Å². The number of aromatic hydroxyl groups is 2. The summed E-state index contributed by atoms with van der Waals surface area (Å²) in [5.41, 5.74) is 0.997. The Balaban J connectivity index is 3.02. The van der Waals surface area contributed by atoms with Crippen molar-refractivity contribution in [2.24, 2.45) is 0 Å². The van der Waals surface area contributed by atoms with Crippen LogP contribution in [0.5, 0.6) is 11.5 Å². The predicted molar refractivity (Wildman–Crippen MR) is 62.1 cm³/mol. The fourth-order valence-electron chi connectivity index (χ4n) is 1.93. The van der Waals surface area contributed by atoms with Gasteiger partial charge in [-0.3, -0.25) is 0 Å². The van der Waals surface area contributed by atoms with Gasteiger partial charge in [0.15, 0.2) is 11.6 Å². The Morgan fingerprint density at radius 1 is 1.25 bits per heavy atom. The molecule has 3 heteroatoms. The molecule has 2 N–H and O–H groups in total. The smallest absolute Gasteiger partial charge is 0.172 e. The summed E-state index contributed by atoms with van der Waals surface area (Å²) in [7, 11) is 0. The fourth-order valence-corrected chi connectivity index (χ4v) is 1.93. The van der Waals surface area contributed by atoms with Gasteiger partial charge in [0.2, 0.25) is 0 Å². The highest BCUT2D eigenvalue weighted by atomic mass is 19.1. The lowest BCUT2D eigenvalue weighted by molar-refractivity contribution is 0.433. The Labute approximate surface area is 92.3 Å². The van der Waals surface area contributed by atoms with Crippen LogP contribution in [0.15, 0.2) is 24.8 Å². The molecule has 0 fully saturated rings. The molecule has 0 unspecified atom stereocenters. The van der Waals surface area contributed by atoms with Gasteiger partial charge in [0.05, 0.1) is 0 Å². The monoisotopic (exact) mass is 218 g/mol. The largest absolute Gasteiger partial charge is 0.508 e. The third kappa shape index (κ3) is 1.41. The van der Waals surface area contributed by atoms with Crippen LogP contribution in [0, 0.1) is 12.7 Å². The summed E-state index contributed by atoms with van der Waals surface area (Å²) in [4.78, 5) is 0. The Morgan fingerprint density at radius 3 is 2.56 bits per heavy atom. The molecule has 2 aromatic carbocycles. The highest BCUT2D eigenvalue weighted by molar-refractivity contribution is 5.95. The SMILES string of the molecule is C=Cc1c(F)c(O)cc2cc(O)cc(C)c12. The van der Waals surface area contributed by atoms with Crippen LogP contribution < -0.4 is 0 Å². The summed E-state index contributed by atoms with van der Waals surface area (Å²) in [5.74, 6) is -1.03. The number of halogens is 1. The lowest BCUT2D eigenvalue weighted by Crippen LogP contribution is -1.89. The van der Waals surface area contributed by atoms with E-state index in [1.165, 1.54) is 18.2 Å². The molecule has 82 valence electrons. The van der Waals surface area contributed by atoms with Crippen molar-refractivity contribution in [1.29, 1.82) is 0 Å².